The van der Waals surface area contributed by atoms with Crippen LogP contribution >= 0.6 is 0 Å². The summed E-state index contributed by atoms with van der Waals surface area (Å²) in [5.41, 5.74) is 3.02. The van der Waals surface area contributed by atoms with Gasteiger partial charge in [-0.15, -0.1) is 0 Å². The van der Waals surface area contributed by atoms with Crippen molar-refractivity contribution in [3.05, 3.63) is 17.7 Å². The summed E-state index contributed by atoms with van der Waals surface area (Å²) in [6.45, 7) is 1.17. The van der Waals surface area contributed by atoms with Crippen molar-refractivity contribution < 1.29 is 33.7 Å². The molecule has 0 bridgehead atoms. The minimum Gasteiger partial charge on any atom is -0.507 e. The van der Waals surface area contributed by atoms with Crippen LogP contribution in [0.5, 0.6) is 17.2 Å². The molecule has 3 N–H and O–H groups in total. The fourth-order valence-corrected chi connectivity index (χ4v) is 4.72. The molecule has 2 aliphatic heterocycles. The van der Waals surface area contributed by atoms with Gasteiger partial charge in [0.25, 0.3) is 5.91 Å². The van der Waals surface area contributed by atoms with Crippen LogP contribution in [0, 0.1) is 5.92 Å². The smallest absolute Gasteiger partial charge is 0.424 e. The molecule has 2 fully saturated rings. The molecule has 0 radical (unpaired) electrons. The van der Waals surface area contributed by atoms with E-state index in [2.05, 4.69) is 15.8 Å². The zero-order valence-electron chi connectivity index (χ0n) is 19.9. The number of benzene rings is 1. The number of rotatable bonds is 7. The summed E-state index contributed by atoms with van der Waals surface area (Å²) in [4.78, 5) is 36.0. The fourth-order valence-electron chi connectivity index (χ4n) is 4.72. The van der Waals surface area contributed by atoms with Gasteiger partial charge in [-0.25, -0.2) is 14.8 Å². The molecule has 12 nitrogen and oxygen atoms in total. The van der Waals surface area contributed by atoms with E-state index in [0.717, 1.165) is 32.2 Å². The first-order chi connectivity index (χ1) is 16.9. The minimum absolute atomic E-state index is 0.0429. The zero-order chi connectivity index (χ0) is 24.9. The molecule has 12 heteroatoms. The SMILES string of the molecule is COc1cc(O)c(C=O)c(OCC(=O)NC2=NNC(C3CCC(OC(=O)N4CCCN4C)C3)C2)c1. The standard InChI is InChI=1S/C23H31N5O7/c1-27-6-3-7-28(27)23(32)35-15-5-4-14(8-15)18-11-21(26-25-18)24-22(31)13-34-20-10-16(33-2)9-19(30)17(20)12-29/h9-10,12,14-15,18,25,30H,3-8,11,13H2,1-2H3,(H,24,26,31). The number of phenolic OH excluding ortho intramolecular Hbond substituents is 1. The maximum absolute atomic E-state index is 12.4. The molecule has 1 saturated carbocycles. The molecule has 1 aromatic rings. The minimum atomic E-state index is -0.446. The Morgan fingerprint density at radius 1 is 1.31 bits per heavy atom. The van der Waals surface area contributed by atoms with Crippen LogP contribution in [0.25, 0.3) is 0 Å². The highest BCUT2D eigenvalue weighted by molar-refractivity contribution is 5.99. The lowest BCUT2D eigenvalue weighted by Crippen LogP contribution is -2.40. The summed E-state index contributed by atoms with van der Waals surface area (Å²) in [6.07, 6.45) is 3.96. The van der Waals surface area contributed by atoms with E-state index in [1.807, 2.05) is 12.1 Å². The lowest BCUT2D eigenvalue weighted by Gasteiger charge is -2.25. The van der Waals surface area contributed by atoms with Crippen LogP contribution in [0.15, 0.2) is 17.2 Å². The first-order valence-electron chi connectivity index (χ1n) is 11.7. The lowest BCUT2D eigenvalue weighted by molar-refractivity contribution is -0.121. The molecule has 1 saturated heterocycles. The van der Waals surface area contributed by atoms with E-state index in [1.54, 1.807) is 5.01 Å². The third kappa shape index (κ3) is 5.76. The number of methoxy groups -OCH3 is 1. The number of amides is 2. The second-order valence-corrected chi connectivity index (χ2v) is 8.95. The average molecular weight is 490 g/mol. The molecule has 3 aliphatic rings. The highest BCUT2D eigenvalue weighted by Crippen LogP contribution is 2.34. The maximum atomic E-state index is 12.4. The normalized spacial score (nSPS) is 24.0. The molecular weight excluding hydrogens is 458 g/mol. The Labute approximate surface area is 203 Å². The molecule has 3 unspecified atom stereocenters. The summed E-state index contributed by atoms with van der Waals surface area (Å²) in [5, 5.41) is 20.4. The Bertz CT molecular complexity index is 1000. The second kappa shape index (κ2) is 10.8. The van der Waals surface area contributed by atoms with Gasteiger partial charge in [-0.2, -0.15) is 5.10 Å². The molecule has 190 valence electrons. The number of carbonyl (C=O) groups excluding carboxylic acids is 3. The largest absolute Gasteiger partial charge is 0.507 e. The van der Waals surface area contributed by atoms with E-state index < -0.39 is 5.91 Å². The van der Waals surface area contributed by atoms with E-state index in [0.29, 0.717) is 30.8 Å². The number of hydrazine groups is 1. The summed E-state index contributed by atoms with van der Waals surface area (Å²) >= 11 is 0. The van der Waals surface area contributed by atoms with E-state index in [-0.39, 0.29) is 47.8 Å². The summed E-state index contributed by atoms with van der Waals surface area (Å²) in [5.74, 6) is 0.361. The highest BCUT2D eigenvalue weighted by atomic mass is 16.6. The molecule has 1 aromatic carbocycles. The van der Waals surface area contributed by atoms with Crippen molar-refractivity contribution in [3.63, 3.8) is 0 Å². The molecule has 4 rings (SSSR count). The number of phenols is 1. The van der Waals surface area contributed by atoms with Crippen molar-refractivity contribution in [2.45, 2.75) is 44.2 Å². The number of aldehydes is 1. The zero-order valence-corrected chi connectivity index (χ0v) is 19.9. The fraction of sp³-hybridized carbons (Fsp3) is 0.565. The number of hydrazone groups is 1. The number of hydrogen-bond acceptors (Lipinski definition) is 10. The number of ether oxygens (including phenoxy) is 3. The van der Waals surface area contributed by atoms with Crippen LogP contribution in [0.2, 0.25) is 0 Å². The molecule has 2 amide bonds. The Morgan fingerprint density at radius 3 is 2.86 bits per heavy atom. The second-order valence-electron chi connectivity index (χ2n) is 8.95. The van der Waals surface area contributed by atoms with Crippen molar-refractivity contribution in [1.82, 2.24) is 20.8 Å². The molecule has 3 atom stereocenters. The number of nitrogens with one attached hydrogen (secondary N) is 2. The van der Waals surface area contributed by atoms with Gasteiger partial charge in [-0.3, -0.25) is 9.59 Å². The molecule has 1 aliphatic carbocycles. The Hall–Kier alpha value is -3.54. The van der Waals surface area contributed by atoms with Crippen LogP contribution in [0.1, 0.15) is 42.5 Å². The summed E-state index contributed by atoms with van der Waals surface area (Å²) in [7, 11) is 3.30. The third-order valence-corrected chi connectivity index (χ3v) is 6.60. The molecule has 2 heterocycles. The lowest BCUT2D eigenvalue weighted by atomic mass is 9.96. The van der Waals surface area contributed by atoms with Crippen molar-refractivity contribution in [2.75, 3.05) is 33.9 Å². The summed E-state index contributed by atoms with van der Waals surface area (Å²) in [6, 6.07) is 2.75. The molecule has 0 spiro atoms. The van der Waals surface area contributed by atoms with Gasteiger partial charge in [0.1, 0.15) is 29.2 Å². The highest BCUT2D eigenvalue weighted by Gasteiger charge is 2.37. The van der Waals surface area contributed by atoms with Crippen LogP contribution in [0.3, 0.4) is 0 Å². The van der Waals surface area contributed by atoms with Crippen LogP contribution in [-0.2, 0) is 9.53 Å². The predicted molar refractivity (Wildman–Crippen MR) is 124 cm³/mol. The molecular formula is C23H31N5O7. The van der Waals surface area contributed by atoms with Gasteiger partial charge in [0.2, 0.25) is 0 Å². The third-order valence-electron chi connectivity index (χ3n) is 6.60. The Balaban J connectivity index is 1.22. The first-order valence-corrected chi connectivity index (χ1v) is 11.7. The number of carbonyl (C=O) groups is 3. The Kier molecular flexibility index (Phi) is 7.59. The van der Waals surface area contributed by atoms with E-state index in [1.165, 1.54) is 19.2 Å². The Morgan fingerprint density at radius 2 is 2.14 bits per heavy atom. The molecule has 35 heavy (non-hydrogen) atoms. The van der Waals surface area contributed by atoms with Gasteiger partial charge in [0.15, 0.2) is 12.9 Å². The average Bonchev–Trinajstić information content (AvgIpc) is 3.58. The van der Waals surface area contributed by atoms with Crippen molar-refractivity contribution in [2.24, 2.45) is 11.0 Å². The topological polar surface area (TPSA) is 142 Å². The van der Waals surface area contributed by atoms with Gasteiger partial charge >= 0.3 is 6.09 Å². The van der Waals surface area contributed by atoms with E-state index in [4.69, 9.17) is 14.2 Å². The van der Waals surface area contributed by atoms with Gasteiger partial charge in [0.05, 0.1) is 18.7 Å². The number of hydrogen-bond donors (Lipinski definition) is 3. The van der Waals surface area contributed by atoms with Gasteiger partial charge < -0.3 is 30.1 Å². The van der Waals surface area contributed by atoms with E-state index >= 15 is 0 Å². The number of amidine groups is 1. The maximum Gasteiger partial charge on any atom is 0.424 e. The summed E-state index contributed by atoms with van der Waals surface area (Å²) < 4.78 is 16.2. The van der Waals surface area contributed by atoms with Crippen molar-refractivity contribution >= 4 is 24.1 Å². The van der Waals surface area contributed by atoms with Crippen molar-refractivity contribution in [1.29, 1.82) is 0 Å². The van der Waals surface area contributed by atoms with Crippen LogP contribution in [0.4, 0.5) is 4.79 Å². The van der Waals surface area contributed by atoms with Gasteiger partial charge in [0, 0.05) is 38.7 Å². The number of nitrogens with zero attached hydrogens (tertiary/aromatic N) is 3. The number of aromatic hydroxyl groups is 1. The predicted octanol–water partition coefficient (Wildman–Crippen LogP) is 1.24. The van der Waals surface area contributed by atoms with Crippen LogP contribution in [-0.4, -0.2) is 85.2 Å². The molecule has 0 aromatic heterocycles. The van der Waals surface area contributed by atoms with E-state index in [9.17, 15) is 19.5 Å². The quantitative estimate of drug-likeness (QED) is 0.482. The van der Waals surface area contributed by atoms with Gasteiger partial charge in [-0.05, 0) is 31.6 Å². The van der Waals surface area contributed by atoms with Gasteiger partial charge in [-0.1, -0.05) is 0 Å². The van der Waals surface area contributed by atoms with Crippen molar-refractivity contribution in [3.8, 4) is 17.2 Å². The monoisotopic (exact) mass is 489 g/mol. The van der Waals surface area contributed by atoms with Crippen LogP contribution < -0.4 is 20.2 Å². The first kappa shape index (κ1) is 24.6.